The van der Waals surface area contributed by atoms with E-state index in [1.807, 2.05) is 0 Å². The van der Waals surface area contributed by atoms with Crippen LogP contribution in [0.2, 0.25) is 0 Å². The summed E-state index contributed by atoms with van der Waals surface area (Å²) in [6.07, 6.45) is 1.14. The van der Waals surface area contributed by atoms with Crippen molar-refractivity contribution in [2.75, 3.05) is 31.6 Å². The van der Waals surface area contributed by atoms with Gasteiger partial charge in [0.05, 0.1) is 30.3 Å². The Kier molecular flexibility index (Phi) is 6.57. The number of nitro groups is 1. The van der Waals surface area contributed by atoms with Crippen LogP contribution in [-0.2, 0) is 16.0 Å². The maximum atomic E-state index is 12.0. The molecule has 2 N–H and O–H groups in total. The van der Waals surface area contributed by atoms with Crippen molar-refractivity contribution in [1.29, 1.82) is 0 Å². The molecule has 0 atom stereocenters. The Balaban J connectivity index is 1.63. The van der Waals surface area contributed by atoms with Crippen LogP contribution >= 0.6 is 0 Å². The van der Waals surface area contributed by atoms with Crippen LogP contribution in [0.4, 0.5) is 23.0 Å². The fourth-order valence-electron chi connectivity index (χ4n) is 3.32. The summed E-state index contributed by atoms with van der Waals surface area (Å²) >= 11 is 0. The molecule has 13 heteroatoms. The minimum Gasteiger partial charge on any atom is -0.465 e. The number of esters is 2. The molecule has 180 valence electrons. The van der Waals surface area contributed by atoms with Crippen molar-refractivity contribution in [2.24, 2.45) is 0 Å². The van der Waals surface area contributed by atoms with Crippen molar-refractivity contribution in [3.05, 3.63) is 69.5 Å². The fourth-order valence-corrected chi connectivity index (χ4v) is 3.32. The summed E-state index contributed by atoms with van der Waals surface area (Å²) in [5.41, 5.74) is 0.602. The molecule has 0 spiro atoms. The van der Waals surface area contributed by atoms with Gasteiger partial charge in [0, 0.05) is 12.2 Å². The Bertz CT molecular complexity index is 1280. The number of aromatic nitrogens is 2. The van der Waals surface area contributed by atoms with E-state index in [-0.39, 0.29) is 41.8 Å². The lowest BCUT2D eigenvalue weighted by atomic mass is 10.1. The van der Waals surface area contributed by atoms with Crippen LogP contribution < -0.4 is 20.1 Å². The molecular formula is C22H19N5O8. The van der Waals surface area contributed by atoms with Gasteiger partial charge in [-0.3, -0.25) is 10.1 Å². The lowest BCUT2D eigenvalue weighted by Gasteiger charge is -2.12. The van der Waals surface area contributed by atoms with Gasteiger partial charge in [-0.25, -0.2) is 19.6 Å². The highest BCUT2D eigenvalue weighted by Crippen LogP contribution is 2.34. The third-order valence-corrected chi connectivity index (χ3v) is 4.94. The Labute approximate surface area is 198 Å². The van der Waals surface area contributed by atoms with E-state index in [1.165, 1.54) is 32.4 Å². The molecule has 0 bridgehead atoms. The molecule has 0 amide bonds. The highest BCUT2D eigenvalue weighted by Gasteiger charge is 2.24. The first-order chi connectivity index (χ1) is 16.9. The number of fused-ring (bicyclic) bond motifs is 1. The van der Waals surface area contributed by atoms with Crippen LogP contribution in [0, 0.1) is 10.1 Å². The second-order valence-corrected chi connectivity index (χ2v) is 7.12. The second kappa shape index (κ2) is 9.91. The summed E-state index contributed by atoms with van der Waals surface area (Å²) < 4.78 is 20.1. The number of carbonyl (C=O) groups excluding carboxylic acids is 2. The molecule has 0 aliphatic carbocycles. The first-order valence-corrected chi connectivity index (χ1v) is 10.1. The van der Waals surface area contributed by atoms with Crippen molar-refractivity contribution in [3.63, 3.8) is 0 Å². The van der Waals surface area contributed by atoms with Crippen molar-refractivity contribution >= 4 is 34.9 Å². The van der Waals surface area contributed by atoms with E-state index in [0.29, 0.717) is 11.5 Å². The quantitative estimate of drug-likeness (QED) is 0.275. The Hall–Kier alpha value is -4.94. The van der Waals surface area contributed by atoms with E-state index in [1.54, 1.807) is 18.2 Å². The van der Waals surface area contributed by atoms with Gasteiger partial charge >= 0.3 is 17.6 Å². The maximum Gasteiger partial charge on any atom is 0.353 e. The predicted molar refractivity (Wildman–Crippen MR) is 121 cm³/mol. The highest BCUT2D eigenvalue weighted by molar-refractivity contribution is 5.97. The number of anilines is 3. The molecule has 0 saturated heterocycles. The summed E-state index contributed by atoms with van der Waals surface area (Å²) in [5.74, 6) is -0.410. The number of methoxy groups -OCH3 is 2. The number of hydrogen-bond donors (Lipinski definition) is 2. The largest absolute Gasteiger partial charge is 0.465 e. The van der Waals surface area contributed by atoms with Crippen molar-refractivity contribution in [1.82, 2.24) is 9.97 Å². The molecule has 2 heterocycles. The van der Waals surface area contributed by atoms with Crippen molar-refractivity contribution in [2.45, 2.75) is 6.54 Å². The lowest BCUT2D eigenvalue weighted by molar-refractivity contribution is -0.383. The molecule has 4 rings (SSSR count). The maximum absolute atomic E-state index is 12.0. The number of ether oxygens (including phenoxy) is 4. The van der Waals surface area contributed by atoms with Crippen LogP contribution in [0.5, 0.6) is 11.5 Å². The van der Waals surface area contributed by atoms with Gasteiger partial charge in [-0.2, -0.15) is 0 Å². The number of hydrogen-bond acceptors (Lipinski definition) is 12. The third-order valence-electron chi connectivity index (χ3n) is 4.94. The molecule has 2 aromatic carbocycles. The zero-order chi connectivity index (χ0) is 24.9. The molecule has 1 aromatic heterocycles. The van der Waals surface area contributed by atoms with E-state index in [0.717, 1.165) is 11.9 Å². The molecule has 1 aliphatic rings. The SMILES string of the molecule is COC(=O)c1cc(Nc2ncnc(NCc3ccc4c(c3)OCO4)c2[N+](=O)[O-])cc(C(=O)OC)c1. The average Bonchev–Trinajstić information content (AvgIpc) is 3.34. The molecule has 0 saturated carbocycles. The van der Waals surface area contributed by atoms with Gasteiger partial charge in [0.15, 0.2) is 11.5 Å². The topological polar surface area (TPSA) is 164 Å². The molecule has 0 radical (unpaired) electrons. The van der Waals surface area contributed by atoms with Gasteiger partial charge in [-0.1, -0.05) is 6.07 Å². The molecule has 0 fully saturated rings. The minimum atomic E-state index is -0.706. The van der Waals surface area contributed by atoms with Crippen molar-refractivity contribution < 1.29 is 33.5 Å². The van der Waals surface area contributed by atoms with Crippen molar-refractivity contribution in [3.8, 4) is 11.5 Å². The van der Waals surface area contributed by atoms with Gasteiger partial charge in [-0.05, 0) is 35.9 Å². The number of nitrogens with one attached hydrogen (secondary N) is 2. The van der Waals surface area contributed by atoms with E-state index in [4.69, 9.17) is 18.9 Å². The summed E-state index contributed by atoms with van der Waals surface area (Å²) in [5, 5.41) is 17.6. The highest BCUT2D eigenvalue weighted by atomic mass is 16.7. The summed E-state index contributed by atoms with van der Waals surface area (Å²) in [7, 11) is 2.38. The minimum absolute atomic E-state index is 0.0377. The first kappa shape index (κ1) is 23.2. The number of benzene rings is 2. The Morgan fingerprint density at radius 1 is 1.00 bits per heavy atom. The van der Waals surface area contributed by atoms with Crippen LogP contribution in [0.25, 0.3) is 0 Å². The lowest BCUT2D eigenvalue weighted by Crippen LogP contribution is -2.10. The van der Waals surface area contributed by atoms with Gasteiger partial charge in [0.25, 0.3) is 0 Å². The Morgan fingerprint density at radius 3 is 2.31 bits per heavy atom. The third kappa shape index (κ3) is 5.03. The zero-order valence-electron chi connectivity index (χ0n) is 18.6. The standard InChI is InChI=1S/C22H19N5O8/c1-32-21(28)13-6-14(22(29)33-2)8-15(7-13)26-20-18(27(30)31)19(24-10-25-20)23-9-12-3-4-16-17(5-12)35-11-34-16/h3-8,10H,9,11H2,1-2H3,(H2,23,24,25,26). The zero-order valence-corrected chi connectivity index (χ0v) is 18.6. The second-order valence-electron chi connectivity index (χ2n) is 7.12. The summed E-state index contributed by atoms with van der Waals surface area (Å²) in [6, 6.07) is 9.31. The van der Waals surface area contributed by atoms with Gasteiger partial charge in [0.1, 0.15) is 6.33 Å². The molecule has 3 aromatic rings. The van der Waals surface area contributed by atoms with Crippen LogP contribution in [0.15, 0.2) is 42.7 Å². The molecule has 0 unspecified atom stereocenters. The number of rotatable bonds is 8. The van der Waals surface area contributed by atoms with Crippen LogP contribution in [0.3, 0.4) is 0 Å². The average molecular weight is 481 g/mol. The van der Waals surface area contributed by atoms with Crippen LogP contribution in [-0.4, -0.2) is 47.8 Å². The van der Waals surface area contributed by atoms with Gasteiger partial charge in [-0.15, -0.1) is 0 Å². The van der Waals surface area contributed by atoms with E-state index in [9.17, 15) is 19.7 Å². The summed E-state index contributed by atoms with van der Waals surface area (Å²) in [6.45, 7) is 0.339. The van der Waals surface area contributed by atoms with Gasteiger partial charge in [0.2, 0.25) is 18.4 Å². The number of carbonyl (C=O) groups is 2. The fraction of sp³-hybridized carbons (Fsp3) is 0.182. The molecule has 1 aliphatic heterocycles. The molecular weight excluding hydrogens is 462 g/mol. The normalized spacial score (nSPS) is 11.5. The predicted octanol–water partition coefficient (Wildman–Crippen LogP) is 3.04. The van der Waals surface area contributed by atoms with E-state index < -0.39 is 22.5 Å². The summed E-state index contributed by atoms with van der Waals surface area (Å²) in [4.78, 5) is 43.3. The van der Waals surface area contributed by atoms with Gasteiger partial charge < -0.3 is 29.6 Å². The van der Waals surface area contributed by atoms with E-state index in [2.05, 4.69) is 20.6 Å². The molecule has 35 heavy (non-hydrogen) atoms. The number of nitrogens with zero attached hydrogens (tertiary/aromatic N) is 3. The smallest absolute Gasteiger partial charge is 0.353 e. The van der Waals surface area contributed by atoms with Crippen LogP contribution in [0.1, 0.15) is 26.3 Å². The first-order valence-electron chi connectivity index (χ1n) is 10.1. The Morgan fingerprint density at radius 2 is 1.66 bits per heavy atom. The molecule has 13 nitrogen and oxygen atoms in total. The monoisotopic (exact) mass is 481 g/mol. The van der Waals surface area contributed by atoms with E-state index >= 15 is 0 Å².